The quantitative estimate of drug-likeness (QED) is 0.596. The molecule has 0 atom stereocenters. The molecule has 0 spiro atoms. The minimum absolute atomic E-state index is 0.119. The van der Waals surface area contributed by atoms with Crippen molar-refractivity contribution in [1.29, 1.82) is 0 Å². The fraction of sp³-hybridized carbons (Fsp3) is 0. The third-order valence-electron chi connectivity index (χ3n) is 2.34. The van der Waals surface area contributed by atoms with Crippen LogP contribution in [0.15, 0.2) is 36.5 Å². The Bertz CT molecular complexity index is 603. The molecule has 0 bridgehead atoms. The Morgan fingerprint density at radius 3 is 2.68 bits per heavy atom. The maximum atomic E-state index is 12.9. The first-order valence-corrected chi connectivity index (χ1v) is 5.67. The zero-order valence-electron chi connectivity index (χ0n) is 9.65. The Kier molecular flexibility index (Phi) is 3.94. The number of rotatable bonds is 3. The lowest BCUT2D eigenvalue weighted by atomic mass is 10.2. The number of anilines is 2. The van der Waals surface area contributed by atoms with E-state index in [0.717, 1.165) is 6.07 Å². The number of aromatic nitrogens is 1. The van der Waals surface area contributed by atoms with E-state index < -0.39 is 11.7 Å². The molecule has 1 aromatic heterocycles. The Balaban J connectivity index is 2.15. The lowest BCUT2D eigenvalue weighted by Crippen LogP contribution is -2.14. The zero-order valence-corrected chi connectivity index (χ0v) is 10.4. The Labute approximate surface area is 113 Å². The highest BCUT2D eigenvalue weighted by Crippen LogP contribution is 2.22. The number of nitrogens with two attached hydrogens (primary N) is 1. The average Bonchev–Trinajstić information content (AvgIpc) is 2.42. The molecule has 1 amide bonds. The summed E-state index contributed by atoms with van der Waals surface area (Å²) in [6.07, 6.45) is 1.42. The fourth-order valence-electron chi connectivity index (χ4n) is 1.39. The van der Waals surface area contributed by atoms with Crippen LogP contribution >= 0.6 is 11.6 Å². The largest absolute Gasteiger partial charge is 0.323 e. The second-order valence-corrected chi connectivity index (χ2v) is 4.06. The molecule has 0 saturated carbocycles. The number of carbonyl (C=O) groups excluding carboxylic acids is 1. The maximum absolute atomic E-state index is 12.9. The van der Waals surface area contributed by atoms with Crippen LogP contribution in [0.5, 0.6) is 0 Å². The van der Waals surface area contributed by atoms with Gasteiger partial charge in [-0.3, -0.25) is 10.6 Å². The summed E-state index contributed by atoms with van der Waals surface area (Å²) >= 11 is 5.81. The lowest BCUT2D eigenvalue weighted by molar-refractivity contribution is 0.102. The molecule has 0 saturated heterocycles. The van der Waals surface area contributed by atoms with Crippen LogP contribution < -0.4 is 16.6 Å². The van der Waals surface area contributed by atoms with Crippen LogP contribution in [0.25, 0.3) is 0 Å². The van der Waals surface area contributed by atoms with E-state index in [2.05, 4.69) is 15.7 Å². The second-order valence-electron chi connectivity index (χ2n) is 3.65. The van der Waals surface area contributed by atoms with Crippen molar-refractivity contribution >= 4 is 28.9 Å². The number of carbonyl (C=O) groups is 1. The van der Waals surface area contributed by atoms with Gasteiger partial charge in [-0.1, -0.05) is 11.6 Å². The van der Waals surface area contributed by atoms with Gasteiger partial charge in [-0.2, -0.15) is 0 Å². The first-order chi connectivity index (χ1) is 9.10. The van der Waals surface area contributed by atoms with Gasteiger partial charge >= 0.3 is 0 Å². The van der Waals surface area contributed by atoms with Gasteiger partial charge in [0.1, 0.15) is 11.5 Å². The summed E-state index contributed by atoms with van der Waals surface area (Å²) in [7, 11) is 0. The summed E-state index contributed by atoms with van der Waals surface area (Å²) in [4.78, 5) is 15.8. The summed E-state index contributed by atoms with van der Waals surface area (Å²) < 4.78 is 12.9. The molecule has 5 nitrogen and oxygen atoms in total. The van der Waals surface area contributed by atoms with E-state index in [1.165, 1.54) is 24.4 Å². The van der Waals surface area contributed by atoms with Crippen LogP contribution in [-0.4, -0.2) is 10.9 Å². The number of nitrogens with one attached hydrogen (secondary N) is 2. The van der Waals surface area contributed by atoms with Crippen molar-refractivity contribution in [2.45, 2.75) is 0 Å². The molecule has 4 N–H and O–H groups in total. The monoisotopic (exact) mass is 280 g/mol. The number of nitrogen functional groups attached to an aromatic ring is 1. The van der Waals surface area contributed by atoms with E-state index in [1.54, 1.807) is 6.07 Å². The number of hydrogen-bond donors (Lipinski definition) is 3. The van der Waals surface area contributed by atoms with Crippen LogP contribution in [0.3, 0.4) is 0 Å². The zero-order chi connectivity index (χ0) is 13.8. The number of nitrogens with zero attached hydrogens (tertiary/aromatic N) is 1. The van der Waals surface area contributed by atoms with Crippen molar-refractivity contribution in [1.82, 2.24) is 4.98 Å². The van der Waals surface area contributed by atoms with Gasteiger partial charge in [0.15, 0.2) is 0 Å². The third kappa shape index (κ3) is 3.18. The maximum Gasteiger partial charge on any atom is 0.274 e. The summed E-state index contributed by atoms with van der Waals surface area (Å²) in [5.41, 5.74) is 3.49. The van der Waals surface area contributed by atoms with Gasteiger partial charge in [0.2, 0.25) is 0 Å². The molecular weight excluding hydrogens is 271 g/mol. The van der Waals surface area contributed by atoms with Crippen LogP contribution in [0.2, 0.25) is 5.02 Å². The van der Waals surface area contributed by atoms with Crippen molar-refractivity contribution < 1.29 is 9.18 Å². The first kappa shape index (κ1) is 13.3. The summed E-state index contributed by atoms with van der Waals surface area (Å²) in [6, 6.07) is 6.81. The topological polar surface area (TPSA) is 80.0 Å². The lowest BCUT2D eigenvalue weighted by Gasteiger charge is -2.07. The molecule has 19 heavy (non-hydrogen) atoms. The van der Waals surface area contributed by atoms with E-state index in [0.29, 0.717) is 11.4 Å². The number of hydrazine groups is 1. The smallest absolute Gasteiger partial charge is 0.274 e. The fourth-order valence-corrected chi connectivity index (χ4v) is 1.61. The minimum Gasteiger partial charge on any atom is -0.323 e. The summed E-state index contributed by atoms with van der Waals surface area (Å²) in [5.74, 6) is 4.27. The van der Waals surface area contributed by atoms with Gasteiger partial charge in [0.05, 0.1) is 22.6 Å². The van der Waals surface area contributed by atoms with E-state index in [-0.39, 0.29) is 10.7 Å². The molecule has 1 aromatic carbocycles. The minimum atomic E-state index is -0.473. The third-order valence-corrected chi connectivity index (χ3v) is 2.65. The van der Waals surface area contributed by atoms with Gasteiger partial charge < -0.3 is 10.7 Å². The number of pyridine rings is 1. The van der Waals surface area contributed by atoms with E-state index in [4.69, 9.17) is 17.4 Å². The molecule has 2 aromatic rings. The molecule has 0 unspecified atom stereocenters. The van der Waals surface area contributed by atoms with Gasteiger partial charge in [-0.15, -0.1) is 0 Å². The Hall–Kier alpha value is -2.18. The highest BCUT2D eigenvalue weighted by Gasteiger charge is 2.10. The molecule has 98 valence electrons. The van der Waals surface area contributed by atoms with Gasteiger partial charge in [0, 0.05) is 0 Å². The highest BCUT2D eigenvalue weighted by molar-refractivity contribution is 6.33. The number of hydrogen-bond acceptors (Lipinski definition) is 4. The normalized spacial score (nSPS) is 10.1. The number of halogens is 2. The van der Waals surface area contributed by atoms with Crippen LogP contribution in [0, 0.1) is 5.82 Å². The van der Waals surface area contributed by atoms with Crippen LogP contribution in [0.4, 0.5) is 15.8 Å². The van der Waals surface area contributed by atoms with Crippen molar-refractivity contribution in [3.63, 3.8) is 0 Å². The summed E-state index contributed by atoms with van der Waals surface area (Å²) in [6.45, 7) is 0. The van der Waals surface area contributed by atoms with E-state index >= 15 is 0 Å². The predicted octanol–water partition coefficient (Wildman–Crippen LogP) is 2.41. The van der Waals surface area contributed by atoms with Crippen LogP contribution in [-0.2, 0) is 0 Å². The van der Waals surface area contributed by atoms with Gasteiger partial charge in [-0.05, 0) is 30.3 Å². The highest BCUT2D eigenvalue weighted by atomic mass is 35.5. The molecule has 0 aliphatic carbocycles. The van der Waals surface area contributed by atoms with E-state index in [1.807, 2.05) is 0 Å². The SMILES string of the molecule is NNc1ccc(C(=O)Nc2ccc(F)cc2Cl)nc1. The molecular formula is C12H10ClFN4O. The summed E-state index contributed by atoms with van der Waals surface area (Å²) in [5, 5.41) is 2.66. The number of benzene rings is 1. The van der Waals surface area contributed by atoms with Crippen molar-refractivity contribution in [3.05, 3.63) is 53.1 Å². The van der Waals surface area contributed by atoms with Crippen molar-refractivity contribution in [2.24, 2.45) is 5.84 Å². The Morgan fingerprint density at radius 2 is 2.11 bits per heavy atom. The van der Waals surface area contributed by atoms with Crippen molar-refractivity contribution in [3.8, 4) is 0 Å². The molecule has 0 radical (unpaired) electrons. The molecule has 7 heteroatoms. The number of amides is 1. The average molecular weight is 281 g/mol. The Morgan fingerprint density at radius 1 is 1.32 bits per heavy atom. The molecule has 2 rings (SSSR count). The molecule has 0 aliphatic rings. The molecule has 0 aliphatic heterocycles. The predicted molar refractivity (Wildman–Crippen MR) is 71.4 cm³/mol. The molecule has 0 fully saturated rings. The molecule has 1 heterocycles. The standard InChI is InChI=1S/C12H10ClFN4O/c13-9-5-7(14)1-3-10(9)17-12(19)11-4-2-8(18-15)6-16-11/h1-6,18H,15H2,(H,17,19). The van der Waals surface area contributed by atoms with Crippen molar-refractivity contribution in [2.75, 3.05) is 10.7 Å². The van der Waals surface area contributed by atoms with Gasteiger partial charge in [-0.25, -0.2) is 9.37 Å². The van der Waals surface area contributed by atoms with Crippen LogP contribution in [0.1, 0.15) is 10.5 Å². The first-order valence-electron chi connectivity index (χ1n) is 5.29. The van der Waals surface area contributed by atoms with Gasteiger partial charge in [0.25, 0.3) is 5.91 Å². The van der Waals surface area contributed by atoms with E-state index in [9.17, 15) is 9.18 Å². The second kappa shape index (κ2) is 5.64.